The van der Waals surface area contributed by atoms with Gasteiger partial charge >= 0.3 is 0 Å². The largest absolute Gasteiger partial charge is 0.340 e. The third-order valence-electron chi connectivity index (χ3n) is 3.25. The molecule has 1 saturated heterocycles. The molecule has 0 radical (unpaired) electrons. The molecule has 1 amide bonds. The van der Waals surface area contributed by atoms with Gasteiger partial charge in [0.05, 0.1) is 0 Å². The fraction of sp³-hybridized carbons (Fsp3) is 0.900. The van der Waals surface area contributed by atoms with Crippen LogP contribution in [0.2, 0.25) is 0 Å². The molecule has 0 bridgehead atoms. The number of piperazine rings is 1. The van der Waals surface area contributed by atoms with E-state index in [9.17, 15) is 4.79 Å². The molecule has 2 aliphatic rings. The van der Waals surface area contributed by atoms with Crippen LogP contribution in [0.15, 0.2) is 0 Å². The van der Waals surface area contributed by atoms with Crippen molar-refractivity contribution in [2.24, 2.45) is 5.73 Å². The highest BCUT2D eigenvalue weighted by Gasteiger charge is 2.40. The minimum absolute atomic E-state index is 0.110. The molecule has 14 heavy (non-hydrogen) atoms. The molecule has 2 rings (SSSR count). The normalized spacial score (nSPS) is 26.3. The van der Waals surface area contributed by atoms with Crippen LogP contribution in [0.3, 0.4) is 0 Å². The zero-order valence-electron chi connectivity index (χ0n) is 8.83. The van der Waals surface area contributed by atoms with Gasteiger partial charge in [-0.05, 0) is 12.8 Å². The first-order chi connectivity index (χ1) is 6.59. The minimum atomic E-state index is 0.110. The maximum Gasteiger partial charge on any atom is 0.219 e. The Balaban J connectivity index is 1.75. The Bertz CT molecular complexity index is 230. The summed E-state index contributed by atoms with van der Waals surface area (Å²) in [6.45, 7) is 6.35. The van der Waals surface area contributed by atoms with Crippen molar-refractivity contribution in [2.45, 2.75) is 25.3 Å². The molecule has 1 saturated carbocycles. The first-order valence-corrected chi connectivity index (χ1v) is 5.36. The molecule has 1 aliphatic heterocycles. The molecule has 0 aromatic rings. The molecular formula is C10H19N3O. The van der Waals surface area contributed by atoms with Crippen LogP contribution in [0, 0.1) is 0 Å². The summed E-state index contributed by atoms with van der Waals surface area (Å²) in [5, 5.41) is 0. The Morgan fingerprint density at radius 1 is 1.29 bits per heavy atom. The van der Waals surface area contributed by atoms with Gasteiger partial charge in [-0.15, -0.1) is 0 Å². The third-order valence-corrected chi connectivity index (χ3v) is 3.25. The molecular weight excluding hydrogens is 178 g/mol. The lowest BCUT2D eigenvalue weighted by molar-refractivity contribution is -0.130. The highest BCUT2D eigenvalue weighted by Crippen LogP contribution is 2.33. The lowest BCUT2D eigenvalue weighted by Crippen LogP contribution is -2.51. The van der Waals surface area contributed by atoms with Crippen molar-refractivity contribution in [2.75, 3.05) is 32.7 Å². The van der Waals surface area contributed by atoms with Crippen molar-refractivity contribution in [1.82, 2.24) is 9.80 Å². The average molecular weight is 197 g/mol. The number of hydrogen-bond donors (Lipinski definition) is 1. The molecule has 0 spiro atoms. The van der Waals surface area contributed by atoms with Crippen LogP contribution in [-0.2, 0) is 4.79 Å². The van der Waals surface area contributed by atoms with Crippen LogP contribution in [-0.4, -0.2) is 54.0 Å². The van der Waals surface area contributed by atoms with Crippen LogP contribution < -0.4 is 5.73 Å². The first-order valence-electron chi connectivity index (χ1n) is 5.36. The molecule has 4 nitrogen and oxygen atoms in total. The molecule has 0 aromatic heterocycles. The summed E-state index contributed by atoms with van der Waals surface area (Å²) in [4.78, 5) is 15.4. The average Bonchev–Trinajstić information content (AvgIpc) is 2.84. The first kappa shape index (κ1) is 9.93. The third kappa shape index (κ3) is 2.25. The zero-order valence-corrected chi connectivity index (χ0v) is 8.83. The summed E-state index contributed by atoms with van der Waals surface area (Å²) >= 11 is 0. The van der Waals surface area contributed by atoms with E-state index < -0.39 is 0 Å². The topological polar surface area (TPSA) is 49.6 Å². The van der Waals surface area contributed by atoms with Gasteiger partial charge in [0.25, 0.3) is 0 Å². The molecule has 2 N–H and O–H groups in total. The van der Waals surface area contributed by atoms with Crippen molar-refractivity contribution in [3.05, 3.63) is 0 Å². The van der Waals surface area contributed by atoms with Crippen LogP contribution >= 0.6 is 0 Å². The lowest BCUT2D eigenvalue weighted by atomic mass is 10.2. The highest BCUT2D eigenvalue weighted by molar-refractivity contribution is 5.73. The summed E-state index contributed by atoms with van der Waals surface area (Å²) in [6.07, 6.45) is 2.33. The van der Waals surface area contributed by atoms with Crippen molar-refractivity contribution in [3.63, 3.8) is 0 Å². The van der Waals surface area contributed by atoms with Gasteiger partial charge in [-0.25, -0.2) is 0 Å². The fourth-order valence-electron chi connectivity index (χ4n) is 1.98. The van der Waals surface area contributed by atoms with Gasteiger partial charge in [-0.3, -0.25) is 9.69 Å². The number of carbonyl (C=O) groups excluding carboxylic acids is 1. The zero-order chi connectivity index (χ0) is 10.2. The second-order valence-corrected chi connectivity index (χ2v) is 4.64. The Morgan fingerprint density at radius 3 is 2.29 bits per heavy atom. The molecule has 0 atom stereocenters. The minimum Gasteiger partial charge on any atom is -0.340 e. The van der Waals surface area contributed by atoms with E-state index in [1.165, 1.54) is 12.8 Å². The summed E-state index contributed by atoms with van der Waals surface area (Å²) in [6, 6.07) is 0. The summed E-state index contributed by atoms with van der Waals surface area (Å²) < 4.78 is 0. The highest BCUT2D eigenvalue weighted by atomic mass is 16.2. The second kappa shape index (κ2) is 3.51. The van der Waals surface area contributed by atoms with Gasteiger partial charge < -0.3 is 10.6 Å². The maximum absolute atomic E-state index is 11.1. The van der Waals surface area contributed by atoms with E-state index in [0.717, 1.165) is 32.7 Å². The number of carbonyl (C=O) groups is 1. The SMILES string of the molecule is CC(=O)N1CCN(CC2(N)CC2)CC1. The number of hydrogen-bond acceptors (Lipinski definition) is 3. The smallest absolute Gasteiger partial charge is 0.219 e. The summed E-state index contributed by atoms with van der Waals surface area (Å²) in [5.74, 6) is 0.193. The fourth-order valence-corrected chi connectivity index (χ4v) is 1.98. The molecule has 1 aliphatic carbocycles. The van der Waals surface area contributed by atoms with E-state index in [-0.39, 0.29) is 11.4 Å². The van der Waals surface area contributed by atoms with Gasteiger partial charge in [-0.1, -0.05) is 0 Å². The lowest BCUT2D eigenvalue weighted by Gasteiger charge is -2.35. The second-order valence-electron chi connectivity index (χ2n) is 4.64. The Labute approximate surface area is 85.0 Å². The predicted octanol–water partition coefficient (Wildman–Crippen LogP) is -0.358. The van der Waals surface area contributed by atoms with E-state index in [2.05, 4.69) is 4.90 Å². The van der Waals surface area contributed by atoms with Gasteiger partial charge in [0.15, 0.2) is 0 Å². The van der Waals surface area contributed by atoms with E-state index in [1.54, 1.807) is 6.92 Å². The molecule has 1 heterocycles. The number of nitrogens with two attached hydrogens (primary N) is 1. The maximum atomic E-state index is 11.1. The number of nitrogens with zero attached hydrogens (tertiary/aromatic N) is 2. The monoisotopic (exact) mass is 197 g/mol. The van der Waals surface area contributed by atoms with Crippen molar-refractivity contribution < 1.29 is 4.79 Å². The number of amides is 1. The van der Waals surface area contributed by atoms with E-state index in [0.29, 0.717) is 0 Å². The van der Waals surface area contributed by atoms with E-state index in [4.69, 9.17) is 5.73 Å². The van der Waals surface area contributed by atoms with Crippen molar-refractivity contribution in [1.29, 1.82) is 0 Å². The van der Waals surface area contributed by atoms with Crippen LogP contribution in [0.4, 0.5) is 0 Å². The summed E-state index contributed by atoms with van der Waals surface area (Å²) in [5.41, 5.74) is 6.16. The van der Waals surface area contributed by atoms with Gasteiger partial charge in [0.2, 0.25) is 5.91 Å². The quantitative estimate of drug-likeness (QED) is 0.658. The van der Waals surface area contributed by atoms with Crippen molar-refractivity contribution >= 4 is 5.91 Å². The molecule has 0 unspecified atom stereocenters. The Hall–Kier alpha value is -0.610. The Morgan fingerprint density at radius 2 is 1.86 bits per heavy atom. The molecule has 80 valence electrons. The molecule has 2 fully saturated rings. The van der Waals surface area contributed by atoms with Crippen LogP contribution in [0.25, 0.3) is 0 Å². The van der Waals surface area contributed by atoms with E-state index in [1.807, 2.05) is 4.90 Å². The van der Waals surface area contributed by atoms with Crippen LogP contribution in [0.5, 0.6) is 0 Å². The van der Waals surface area contributed by atoms with E-state index >= 15 is 0 Å². The van der Waals surface area contributed by atoms with Crippen molar-refractivity contribution in [3.8, 4) is 0 Å². The predicted molar refractivity (Wildman–Crippen MR) is 54.8 cm³/mol. The number of rotatable bonds is 2. The standard InChI is InChI=1S/C10H19N3O/c1-9(14)13-6-4-12(5-7-13)8-10(11)2-3-10/h2-8,11H2,1H3. The summed E-state index contributed by atoms with van der Waals surface area (Å²) in [7, 11) is 0. The molecule has 4 heteroatoms. The van der Waals surface area contributed by atoms with Crippen LogP contribution in [0.1, 0.15) is 19.8 Å². The van der Waals surface area contributed by atoms with Gasteiger partial charge in [0.1, 0.15) is 0 Å². The van der Waals surface area contributed by atoms with Gasteiger partial charge in [0, 0.05) is 45.2 Å². The Kier molecular flexibility index (Phi) is 2.49. The molecule has 0 aromatic carbocycles. The van der Waals surface area contributed by atoms with Gasteiger partial charge in [-0.2, -0.15) is 0 Å².